The fraction of sp³-hybridized carbons (Fsp3) is 0.364. The van der Waals surface area contributed by atoms with E-state index in [4.69, 9.17) is 4.74 Å². The monoisotopic (exact) mass is 252 g/mol. The normalized spacial score (nSPS) is 10.3. The van der Waals surface area contributed by atoms with Crippen molar-refractivity contribution < 1.29 is 4.74 Å². The highest BCUT2D eigenvalue weighted by atomic mass is 32.1. The molecule has 2 aromatic rings. The number of hydrogen-bond donors (Lipinski definition) is 1. The number of ether oxygens (including phenoxy) is 1. The van der Waals surface area contributed by atoms with Crippen molar-refractivity contribution in [2.24, 2.45) is 0 Å². The van der Waals surface area contributed by atoms with Gasteiger partial charge in [-0.1, -0.05) is 11.3 Å². The summed E-state index contributed by atoms with van der Waals surface area (Å²) in [6, 6.07) is 3.95. The van der Waals surface area contributed by atoms with Gasteiger partial charge in [-0.25, -0.2) is 0 Å². The largest absolute Gasteiger partial charge is 0.480 e. The van der Waals surface area contributed by atoms with Crippen molar-refractivity contribution in [1.82, 2.24) is 9.66 Å². The molecule has 2 rings (SSSR count). The van der Waals surface area contributed by atoms with Crippen molar-refractivity contribution in [1.29, 1.82) is 0 Å². The molecule has 0 aliphatic carbocycles. The molecule has 0 radical (unpaired) electrons. The second-order valence-corrected chi connectivity index (χ2v) is 4.81. The molecule has 92 valence electrons. The summed E-state index contributed by atoms with van der Waals surface area (Å²) in [6.07, 6.45) is 3.92. The highest BCUT2D eigenvalue weighted by Gasteiger charge is 2.12. The van der Waals surface area contributed by atoms with Crippen LogP contribution < -0.4 is 15.1 Å². The van der Waals surface area contributed by atoms with E-state index in [1.165, 1.54) is 0 Å². The Balaban J connectivity index is 2.09. The summed E-state index contributed by atoms with van der Waals surface area (Å²) in [5.41, 5.74) is 3.26. The fourth-order valence-corrected chi connectivity index (χ4v) is 2.28. The van der Waals surface area contributed by atoms with Crippen LogP contribution in [0.1, 0.15) is 4.88 Å². The van der Waals surface area contributed by atoms with Crippen molar-refractivity contribution in [2.75, 3.05) is 31.5 Å². The third-order valence-corrected chi connectivity index (χ3v) is 3.46. The number of methoxy groups -OCH3 is 1. The van der Waals surface area contributed by atoms with Crippen LogP contribution in [0.25, 0.3) is 0 Å². The van der Waals surface area contributed by atoms with E-state index < -0.39 is 0 Å². The predicted molar refractivity (Wildman–Crippen MR) is 70.5 cm³/mol. The Bertz CT molecular complexity index is 464. The number of rotatable bonds is 5. The van der Waals surface area contributed by atoms with Crippen LogP contribution in [0.2, 0.25) is 0 Å². The van der Waals surface area contributed by atoms with Crippen LogP contribution in [0.5, 0.6) is 5.88 Å². The average Bonchev–Trinajstić information content (AvgIpc) is 2.95. The van der Waals surface area contributed by atoms with Crippen LogP contribution in [0.3, 0.4) is 0 Å². The Labute approximate surface area is 105 Å². The minimum atomic E-state index is 0.693. The van der Waals surface area contributed by atoms with Gasteiger partial charge < -0.3 is 15.1 Å². The van der Waals surface area contributed by atoms with Gasteiger partial charge >= 0.3 is 0 Å². The van der Waals surface area contributed by atoms with Crippen LogP contribution in [-0.2, 0) is 6.54 Å². The molecular formula is C11H16N4OS. The van der Waals surface area contributed by atoms with Gasteiger partial charge in [0.2, 0.25) is 5.88 Å². The molecule has 0 saturated heterocycles. The molecule has 0 aliphatic rings. The lowest BCUT2D eigenvalue weighted by atomic mass is 10.5. The van der Waals surface area contributed by atoms with Gasteiger partial charge in [0.15, 0.2) is 5.13 Å². The minimum absolute atomic E-state index is 0.693. The summed E-state index contributed by atoms with van der Waals surface area (Å²) in [7, 11) is 5.59. The molecule has 0 saturated carbocycles. The molecule has 0 spiro atoms. The standard InChI is InChI=1S/C11H16N4OS/c1-14(2)11-13-10(16-3)9(17-11)8-12-15-6-4-5-7-15/h4-7,12H,8H2,1-3H3. The molecule has 2 aromatic heterocycles. The maximum Gasteiger partial charge on any atom is 0.231 e. The number of thiazole rings is 1. The van der Waals surface area contributed by atoms with E-state index in [1.807, 2.05) is 48.2 Å². The van der Waals surface area contributed by atoms with Crippen LogP contribution >= 0.6 is 11.3 Å². The second kappa shape index (κ2) is 5.09. The van der Waals surface area contributed by atoms with E-state index in [9.17, 15) is 0 Å². The van der Waals surface area contributed by atoms with Crippen molar-refractivity contribution in [3.05, 3.63) is 29.4 Å². The van der Waals surface area contributed by atoms with E-state index in [1.54, 1.807) is 18.4 Å². The molecule has 0 fully saturated rings. The first-order valence-corrected chi connectivity index (χ1v) is 6.10. The van der Waals surface area contributed by atoms with Gasteiger partial charge in [-0.15, -0.1) is 0 Å². The van der Waals surface area contributed by atoms with Gasteiger partial charge in [0, 0.05) is 26.5 Å². The van der Waals surface area contributed by atoms with Crippen molar-refractivity contribution >= 4 is 16.5 Å². The number of anilines is 1. The van der Waals surface area contributed by atoms with Crippen LogP contribution in [0.4, 0.5) is 5.13 Å². The molecule has 17 heavy (non-hydrogen) atoms. The Morgan fingerprint density at radius 2 is 2.12 bits per heavy atom. The van der Waals surface area contributed by atoms with Crippen LogP contribution in [-0.4, -0.2) is 30.9 Å². The zero-order valence-corrected chi connectivity index (χ0v) is 11.0. The highest BCUT2D eigenvalue weighted by molar-refractivity contribution is 7.15. The van der Waals surface area contributed by atoms with Gasteiger partial charge in [-0.05, 0) is 12.1 Å². The first-order chi connectivity index (χ1) is 8.20. The van der Waals surface area contributed by atoms with E-state index in [0.29, 0.717) is 12.4 Å². The average molecular weight is 252 g/mol. The zero-order chi connectivity index (χ0) is 12.3. The highest BCUT2D eigenvalue weighted by Crippen LogP contribution is 2.30. The SMILES string of the molecule is COc1nc(N(C)C)sc1CNn1cccc1. The van der Waals surface area contributed by atoms with E-state index >= 15 is 0 Å². The van der Waals surface area contributed by atoms with Crippen molar-refractivity contribution in [3.63, 3.8) is 0 Å². The fourth-order valence-electron chi connectivity index (χ4n) is 1.39. The smallest absolute Gasteiger partial charge is 0.231 e. The van der Waals surface area contributed by atoms with E-state index in [-0.39, 0.29) is 0 Å². The molecule has 0 aromatic carbocycles. The molecule has 2 heterocycles. The first kappa shape index (κ1) is 11.8. The molecule has 1 N–H and O–H groups in total. The Kier molecular flexibility index (Phi) is 3.53. The maximum absolute atomic E-state index is 5.27. The Morgan fingerprint density at radius 3 is 2.71 bits per heavy atom. The minimum Gasteiger partial charge on any atom is -0.480 e. The molecule has 0 unspecified atom stereocenters. The molecule has 5 nitrogen and oxygen atoms in total. The summed E-state index contributed by atoms with van der Waals surface area (Å²) in [5, 5.41) is 0.950. The number of aromatic nitrogens is 2. The zero-order valence-electron chi connectivity index (χ0n) is 10.2. The summed E-state index contributed by atoms with van der Waals surface area (Å²) in [4.78, 5) is 7.47. The van der Waals surface area contributed by atoms with Crippen LogP contribution in [0, 0.1) is 0 Å². The van der Waals surface area contributed by atoms with Crippen LogP contribution in [0.15, 0.2) is 24.5 Å². The van der Waals surface area contributed by atoms with Gasteiger partial charge in [-0.2, -0.15) is 4.98 Å². The molecule has 0 amide bonds. The predicted octanol–water partition coefficient (Wildman–Crippen LogP) is 1.76. The van der Waals surface area contributed by atoms with Gasteiger partial charge in [0.25, 0.3) is 0 Å². The maximum atomic E-state index is 5.27. The number of hydrogen-bond acceptors (Lipinski definition) is 5. The third-order valence-electron chi connectivity index (χ3n) is 2.25. The molecule has 6 heteroatoms. The van der Waals surface area contributed by atoms with Crippen molar-refractivity contribution in [3.8, 4) is 5.88 Å². The molecule has 0 atom stereocenters. The Hall–Kier alpha value is -1.69. The lowest BCUT2D eigenvalue weighted by Crippen LogP contribution is -2.11. The number of nitrogens with one attached hydrogen (secondary N) is 1. The summed E-state index contributed by atoms with van der Waals surface area (Å²) in [5.74, 6) is 0.693. The van der Waals surface area contributed by atoms with Crippen molar-refractivity contribution in [2.45, 2.75) is 6.54 Å². The quantitative estimate of drug-likeness (QED) is 0.880. The Morgan fingerprint density at radius 1 is 1.41 bits per heavy atom. The van der Waals surface area contributed by atoms with Gasteiger partial charge in [-0.3, -0.25) is 4.68 Å². The topological polar surface area (TPSA) is 42.3 Å². The number of nitrogens with zero attached hydrogens (tertiary/aromatic N) is 3. The molecule has 0 aliphatic heterocycles. The summed E-state index contributed by atoms with van der Waals surface area (Å²) < 4.78 is 7.18. The molecule has 0 bridgehead atoms. The summed E-state index contributed by atoms with van der Waals surface area (Å²) in [6.45, 7) is 0.698. The third kappa shape index (κ3) is 2.71. The first-order valence-electron chi connectivity index (χ1n) is 5.28. The van der Waals surface area contributed by atoms with Gasteiger partial charge in [0.05, 0.1) is 18.5 Å². The van der Waals surface area contributed by atoms with E-state index in [0.717, 1.165) is 10.0 Å². The lowest BCUT2D eigenvalue weighted by Gasteiger charge is -2.06. The summed E-state index contributed by atoms with van der Waals surface area (Å²) >= 11 is 1.63. The molecular weight excluding hydrogens is 236 g/mol. The van der Waals surface area contributed by atoms with Gasteiger partial charge in [0.1, 0.15) is 0 Å². The second-order valence-electron chi connectivity index (χ2n) is 3.75. The van der Waals surface area contributed by atoms with E-state index in [2.05, 4.69) is 10.4 Å². The lowest BCUT2D eigenvalue weighted by molar-refractivity contribution is 0.396.